The summed E-state index contributed by atoms with van der Waals surface area (Å²) in [6.07, 6.45) is 35.9. The maximum Gasteiger partial charge on any atom is 0.303 e. The molecule has 7 nitrogen and oxygen atoms in total. The summed E-state index contributed by atoms with van der Waals surface area (Å²) in [6, 6.07) is 0. The Hall–Kier alpha value is -1.89. The van der Waals surface area contributed by atoms with Gasteiger partial charge in [-0.25, -0.2) is 0 Å². The summed E-state index contributed by atoms with van der Waals surface area (Å²) in [4.78, 5) is 33.0. The van der Waals surface area contributed by atoms with E-state index in [2.05, 4.69) is 19.1 Å². The first-order chi connectivity index (χ1) is 22.3. The maximum atomic E-state index is 11.0. The summed E-state index contributed by atoms with van der Waals surface area (Å²) in [5.41, 5.74) is 0. The number of carboxylic acids is 3. The molecule has 0 aliphatic rings. The van der Waals surface area contributed by atoms with E-state index < -0.39 is 17.9 Å². The van der Waals surface area contributed by atoms with Crippen LogP contribution < -0.4 is 5.11 Å². The van der Waals surface area contributed by atoms with E-state index >= 15 is 0 Å². The van der Waals surface area contributed by atoms with Crippen molar-refractivity contribution in [1.82, 2.24) is 0 Å². The van der Waals surface area contributed by atoms with Crippen molar-refractivity contribution in [2.45, 2.75) is 193 Å². The number of rotatable bonds is 37. The van der Waals surface area contributed by atoms with Gasteiger partial charge in [-0.05, 0) is 77.0 Å². The number of allylic oxidation sites excluding steroid dienone is 2. The molecule has 2 N–H and O–H groups in total. The van der Waals surface area contributed by atoms with E-state index in [4.69, 9.17) is 10.2 Å². The van der Waals surface area contributed by atoms with Crippen molar-refractivity contribution in [2.24, 2.45) is 0 Å². The molecule has 7 heteroatoms. The van der Waals surface area contributed by atoms with Crippen molar-refractivity contribution >= 4 is 17.9 Å². The molecule has 0 saturated heterocycles. The quantitative estimate of drug-likeness (QED) is 0.0393. The van der Waals surface area contributed by atoms with Gasteiger partial charge in [0.2, 0.25) is 0 Å². The van der Waals surface area contributed by atoms with Crippen LogP contribution in [0.15, 0.2) is 12.2 Å². The Morgan fingerprint density at radius 3 is 1.11 bits per heavy atom. The number of nitrogens with zero attached hydrogens (tertiary/aromatic N) is 1. The zero-order chi connectivity index (χ0) is 34.0. The van der Waals surface area contributed by atoms with Crippen molar-refractivity contribution in [3.8, 4) is 0 Å². The van der Waals surface area contributed by atoms with Crippen LogP contribution in [0.4, 0.5) is 0 Å². The predicted octanol–water partition coefficient (Wildman–Crippen LogP) is 9.61. The summed E-state index contributed by atoms with van der Waals surface area (Å²) < 4.78 is 0.829. The molecule has 0 amide bonds. The molecule has 0 fully saturated rings. The molecule has 46 heavy (non-hydrogen) atoms. The van der Waals surface area contributed by atoms with Gasteiger partial charge in [0.15, 0.2) is 0 Å². The van der Waals surface area contributed by atoms with Crippen LogP contribution in [0.1, 0.15) is 193 Å². The first-order valence-electron chi connectivity index (χ1n) is 19.4. The maximum absolute atomic E-state index is 11.0. The fourth-order valence-corrected chi connectivity index (χ4v) is 6.59. The monoisotopic (exact) mass is 652 g/mol. The van der Waals surface area contributed by atoms with Crippen LogP contribution in [0.25, 0.3) is 0 Å². The van der Waals surface area contributed by atoms with Gasteiger partial charge in [0, 0.05) is 18.8 Å². The number of unbranched alkanes of at least 4 members (excludes halogenated alkanes) is 21. The molecule has 0 aromatic rings. The minimum Gasteiger partial charge on any atom is -0.550 e. The highest BCUT2D eigenvalue weighted by Crippen LogP contribution is 2.19. The fourth-order valence-electron chi connectivity index (χ4n) is 6.59. The molecule has 270 valence electrons. The number of aliphatic carboxylic acids is 3. The van der Waals surface area contributed by atoms with Gasteiger partial charge < -0.3 is 24.6 Å². The van der Waals surface area contributed by atoms with E-state index in [1.54, 1.807) is 0 Å². The summed E-state index contributed by atoms with van der Waals surface area (Å²) in [7, 11) is 0. The largest absolute Gasteiger partial charge is 0.550 e. The molecule has 0 aromatic heterocycles. The average molecular weight is 652 g/mol. The number of carbonyl (C=O) groups is 3. The molecule has 0 saturated carbocycles. The number of hydrogen-bond acceptors (Lipinski definition) is 4. The van der Waals surface area contributed by atoms with Gasteiger partial charge in [-0.2, -0.15) is 0 Å². The third kappa shape index (κ3) is 32.1. The second kappa shape index (κ2) is 33.0. The number of carboxylic acid groups (broad SMARTS) is 3. The number of quaternary nitrogens is 1. The number of carbonyl (C=O) groups excluding carboxylic acids is 1. The molecule has 0 atom stereocenters. The molecule has 0 spiro atoms. The highest BCUT2D eigenvalue weighted by molar-refractivity contribution is 5.66. The first-order valence-corrected chi connectivity index (χ1v) is 19.4. The summed E-state index contributed by atoms with van der Waals surface area (Å²) in [6.45, 7) is 5.82. The summed E-state index contributed by atoms with van der Waals surface area (Å²) in [5, 5.41) is 29.0. The van der Waals surface area contributed by atoms with Gasteiger partial charge in [0.05, 0.1) is 26.2 Å². The van der Waals surface area contributed by atoms with Gasteiger partial charge in [0.1, 0.15) is 0 Å². The standard InChI is InChI=1S/C39H73NO6/c1-2-3-4-5-6-7-8-9-10-11-12-13-14-15-16-17-18-19-20-21-22-26-33-40(34-27-23-30-37(41)42,35-28-24-31-38(43)44)36-29-25-32-39(45)46/h19-20H,2-18,21-36H2,1H3,(H2-,41,42,43,44,45,46)/b20-19+. The molecule has 0 aliphatic heterocycles. The Morgan fingerprint density at radius 1 is 0.457 bits per heavy atom. The molecule has 0 unspecified atom stereocenters. The van der Waals surface area contributed by atoms with Gasteiger partial charge >= 0.3 is 11.9 Å². The molecular weight excluding hydrogens is 578 g/mol. The minimum absolute atomic E-state index is 0.0578. The Labute approximate surface area is 283 Å². The predicted molar refractivity (Wildman–Crippen MR) is 189 cm³/mol. The van der Waals surface area contributed by atoms with E-state index in [0.717, 1.165) is 75.6 Å². The first kappa shape index (κ1) is 44.1. The van der Waals surface area contributed by atoms with Crippen LogP contribution in [0, 0.1) is 0 Å². The highest BCUT2D eigenvalue weighted by Gasteiger charge is 2.26. The molecule has 0 radical (unpaired) electrons. The van der Waals surface area contributed by atoms with Gasteiger partial charge in [-0.3, -0.25) is 9.59 Å². The third-order valence-corrected chi connectivity index (χ3v) is 9.45. The van der Waals surface area contributed by atoms with Crippen molar-refractivity contribution in [2.75, 3.05) is 26.2 Å². The van der Waals surface area contributed by atoms with Crippen LogP contribution in [0.2, 0.25) is 0 Å². The molecule has 0 aliphatic carbocycles. The SMILES string of the molecule is CCCCCCCCCCCCCCCCCC/C=C/CCCC[N+](CCCCC(=O)[O-])(CCCCC(=O)O)CCCCC(=O)O. The van der Waals surface area contributed by atoms with Gasteiger partial charge in [-0.15, -0.1) is 0 Å². The minimum atomic E-state index is -1.02. The smallest absolute Gasteiger partial charge is 0.303 e. The van der Waals surface area contributed by atoms with Gasteiger partial charge in [0.25, 0.3) is 0 Å². The van der Waals surface area contributed by atoms with Crippen molar-refractivity contribution in [3.05, 3.63) is 12.2 Å². The lowest BCUT2D eigenvalue weighted by Crippen LogP contribution is -2.51. The van der Waals surface area contributed by atoms with Crippen molar-refractivity contribution in [3.63, 3.8) is 0 Å². The molecule has 0 bridgehead atoms. The van der Waals surface area contributed by atoms with E-state index in [1.165, 1.54) is 103 Å². The van der Waals surface area contributed by atoms with E-state index in [1.807, 2.05) is 0 Å². The van der Waals surface area contributed by atoms with Crippen LogP contribution in [-0.2, 0) is 14.4 Å². The fraction of sp³-hybridized carbons (Fsp3) is 0.872. The van der Waals surface area contributed by atoms with Crippen LogP contribution >= 0.6 is 0 Å². The van der Waals surface area contributed by atoms with Crippen molar-refractivity contribution < 1.29 is 34.2 Å². The topological polar surface area (TPSA) is 115 Å². The lowest BCUT2D eigenvalue weighted by Gasteiger charge is -2.39. The molecule has 0 aromatic carbocycles. The summed E-state index contributed by atoms with van der Waals surface area (Å²) >= 11 is 0. The lowest BCUT2D eigenvalue weighted by molar-refractivity contribution is -0.929. The highest BCUT2D eigenvalue weighted by atomic mass is 16.4. The second-order valence-electron chi connectivity index (χ2n) is 13.8. The Bertz CT molecular complexity index is 698. The molecule has 0 heterocycles. The average Bonchev–Trinajstić information content (AvgIpc) is 3.02. The van der Waals surface area contributed by atoms with E-state index in [-0.39, 0.29) is 19.3 Å². The van der Waals surface area contributed by atoms with E-state index in [0.29, 0.717) is 19.3 Å². The number of hydrogen-bond donors (Lipinski definition) is 2. The Balaban J connectivity index is 4.20. The Morgan fingerprint density at radius 2 is 0.761 bits per heavy atom. The van der Waals surface area contributed by atoms with Crippen molar-refractivity contribution in [1.29, 1.82) is 0 Å². The van der Waals surface area contributed by atoms with Gasteiger partial charge in [-0.1, -0.05) is 115 Å². The second-order valence-corrected chi connectivity index (χ2v) is 13.8. The summed E-state index contributed by atoms with van der Waals surface area (Å²) in [5.74, 6) is -2.58. The zero-order valence-electron chi connectivity index (χ0n) is 30.0. The normalized spacial score (nSPS) is 11.8. The van der Waals surface area contributed by atoms with Crippen LogP contribution in [0.5, 0.6) is 0 Å². The van der Waals surface area contributed by atoms with E-state index in [9.17, 15) is 19.5 Å². The Kier molecular flexibility index (Phi) is 31.7. The molecule has 0 rings (SSSR count). The van der Waals surface area contributed by atoms with Crippen LogP contribution in [-0.4, -0.2) is 58.8 Å². The zero-order valence-corrected chi connectivity index (χ0v) is 30.0. The molecular formula is C39H73NO6. The lowest BCUT2D eigenvalue weighted by atomic mass is 10.0. The van der Waals surface area contributed by atoms with Crippen LogP contribution in [0.3, 0.4) is 0 Å². The third-order valence-electron chi connectivity index (χ3n) is 9.45.